The van der Waals surface area contributed by atoms with Gasteiger partial charge in [-0.25, -0.2) is 4.98 Å². The van der Waals surface area contributed by atoms with Crippen molar-refractivity contribution in [2.24, 2.45) is 0 Å². The van der Waals surface area contributed by atoms with Crippen molar-refractivity contribution in [3.63, 3.8) is 0 Å². The maximum Gasteiger partial charge on any atom is 0.153 e. The van der Waals surface area contributed by atoms with Gasteiger partial charge in [-0.3, -0.25) is 0 Å². The van der Waals surface area contributed by atoms with E-state index >= 15 is 0 Å². The van der Waals surface area contributed by atoms with Crippen molar-refractivity contribution in [3.05, 3.63) is 42.2 Å². The standard InChI is InChI=1S/C13H13N5/c1-2-5-11-10(4-1)14-9-17(11)8-13-16-15-12-6-3-7-18(12)13/h1-2,4-5,9H,3,6-8H2. The molecule has 0 aliphatic carbocycles. The molecule has 1 aliphatic heterocycles. The Morgan fingerprint density at radius 2 is 2.11 bits per heavy atom. The minimum absolute atomic E-state index is 0.744. The van der Waals surface area contributed by atoms with E-state index in [2.05, 4.69) is 30.4 Å². The largest absolute Gasteiger partial charge is 0.323 e. The minimum Gasteiger partial charge on any atom is -0.323 e. The third-order valence-corrected chi connectivity index (χ3v) is 3.53. The van der Waals surface area contributed by atoms with Gasteiger partial charge in [-0.1, -0.05) is 12.1 Å². The van der Waals surface area contributed by atoms with E-state index in [0.717, 1.165) is 42.2 Å². The van der Waals surface area contributed by atoms with Crippen molar-refractivity contribution in [2.75, 3.05) is 0 Å². The molecule has 5 nitrogen and oxygen atoms in total. The number of aromatic nitrogens is 5. The zero-order valence-electron chi connectivity index (χ0n) is 9.95. The fourth-order valence-corrected chi connectivity index (χ4v) is 2.62. The van der Waals surface area contributed by atoms with Gasteiger partial charge in [0.15, 0.2) is 5.82 Å². The van der Waals surface area contributed by atoms with Gasteiger partial charge in [-0.05, 0) is 18.6 Å². The van der Waals surface area contributed by atoms with Crippen molar-refractivity contribution >= 4 is 11.0 Å². The van der Waals surface area contributed by atoms with E-state index in [0.29, 0.717) is 0 Å². The van der Waals surface area contributed by atoms with Crippen LogP contribution in [-0.4, -0.2) is 24.3 Å². The molecule has 3 aromatic rings. The molecule has 0 unspecified atom stereocenters. The normalized spacial score (nSPS) is 14.2. The summed E-state index contributed by atoms with van der Waals surface area (Å²) in [6.45, 7) is 1.79. The highest BCUT2D eigenvalue weighted by Crippen LogP contribution is 2.17. The molecule has 5 heteroatoms. The van der Waals surface area contributed by atoms with Crippen LogP contribution < -0.4 is 0 Å². The van der Waals surface area contributed by atoms with Gasteiger partial charge < -0.3 is 9.13 Å². The molecule has 18 heavy (non-hydrogen) atoms. The smallest absolute Gasteiger partial charge is 0.153 e. The van der Waals surface area contributed by atoms with Gasteiger partial charge in [0.05, 0.1) is 23.9 Å². The van der Waals surface area contributed by atoms with Crippen LogP contribution in [0.5, 0.6) is 0 Å². The second-order valence-corrected chi connectivity index (χ2v) is 4.65. The van der Waals surface area contributed by atoms with Crippen molar-refractivity contribution in [1.82, 2.24) is 24.3 Å². The summed E-state index contributed by atoms with van der Waals surface area (Å²) >= 11 is 0. The molecule has 0 bridgehead atoms. The van der Waals surface area contributed by atoms with E-state index in [1.54, 1.807) is 0 Å². The molecule has 0 N–H and O–H groups in total. The first kappa shape index (κ1) is 9.82. The van der Waals surface area contributed by atoms with E-state index in [9.17, 15) is 0 Å². The van der Waals surface area contributed by atoms with Crippen molar-refractivity contribution in [1.29, 1.82) is 0 Å². The fourth-order valence-electron chi connectivity index (χ4n) is 2.62. The molecule has 4 rings (SSSR count). The van der Waals surface area contributed by atoms with Crippen LogP contribution in [-0.2, 0) is 19.5 Å². The van der Waals surface area contributed by atoms with Crippen molar-refractivity contribution < 1.29 is 0 Å². The van der Waals surface area contributed by atoms with Crippen LogP contribution in [0.15, 0.2) is 30.6 Å². The number of hydrogen-bond donors (Lipinski definition) is 0. The number of benzene rings is 1. The van der Waals surface area contributed by atoms with Crippen molar-refractivity contribution in [2.45, 2.75) is 25.9 Å². The summed E-state index contributed by atoms with van der Waals surface area (Å²) in [5, 5.41) is 8.52. The van der Waals surface area contributed by atoms with Crippen LogP contribution >= 0.6 is 0 Å². The Labute approximate surface area is 104 Å². The lowest BCUT2D eigenvalue weighted by Crippen LogP contribution is -2.06. The Morgan fingerprint density at radius 1 is 1.17 bits per heavy atom. The van der Waals surface area contributed by atoms with Gasteiger partial charge in [0.2, 0.25) is 0 Å². The summed E-state index contributed by atoms with van der Waals surface area (Å²) in [7, 11) is 0. The van der Waals surface area contributed by atoms with E-state index < -0.39 is 0 Å². The van der Waals surface area contributed by atoms with Gasteiger partial charge in [-0.15, -0.1) is 10.2 Å². The number of imidazole rings is 1. The summed E-state index contributed by atoms with van der Waals surface area (Å²) in [5.41, 5.74) is 2.17. The summed E-state index contributed by atoms with van der Waals surface area (Å²) in [6.07, 6.45) is 4.11. The summed E-state index contributed by atoms with van der Waals surface area (Å²) < 4.78 is 4.36. The average Bonchev–Trinajstić information content (AvgIpc) is 3.08. The summed E-state index contributed by atoms with van der Waals surface area (Å²) in [6, 6.07) is 8.16. The molecular weight excluding hydrogens is 226 g/mol. The number of aryl methyl sites for hydroxylation is 1. The van der Waals surface area contributed by atoms with Crippen LogP contribution in [0.1, 0.15) is 18.1 Å². The van der Waals surface area contributed by atoms with E-state index in [1.165, 1.54) is 6.42 Å². The van der Waals surface area contributed by atoms with E-state index in [4.69, 9.17) is 0 Å². The molecule has 90 valence electrons. The monoisotopic (exact) mass is 239 g/mol. The highest BCUT2D eigenvalue weighted by Gasteiger charge is 2.17. The maximum absolute atomic E-state index is 4.40. The summed E-state index contributed by atoms with van der Waals surface area (Å²) in [5.74, 6) is 2.15. The Kier molecular flexibility index (Phi) is 2.00. The molecule has 3 heterocycles. The average molecular weight is 239 g/mol. The molecule has 0 saturated heterocycles. The molecule has 2 aromatic heterocycles. The maximum atomic E-state index is 4.40. The first-order chi connectivity index (χ1) is 8.92. The Morgan fingerprint density at radius 3 is 3.11 bits per heavy atom. The molecular formula is C13H13N5. The van der Waals surface area contributed by atoms with Gasteiger partial charge >= 0.3 is 0 Å². The topological polar surface area (TPSA) is 48.5 Å². The second-order valence-electron chi connectivity index (χ2n) is 4.65. The fraction of sp³-hybridized carbons (Fsp3) is 0.308. The number of rotatable bonds is 2. The number of hydrogen-bond acceptors (Lipinski definition) is 3. The number of fused-ring (bicyclic) bond motifs is 2. The molecule has 0 radical (unpaired) electrons. The molecule has 0 fully saturated rings. The van der Waals surface area contributed by atoms with Crippen LogP contribution in [0.25, 0.3) is 11.0 Å². The summed E-state index contributed by atoms with van der Waals surface area (Å²) in [4.78, 5) is 4.40. The van der Waals surface area contributed by atoms with Gasteiger partial charge in [0.25, 0.3) is 0 Å². The van der Waals surface area contributed by atoms with Gasteiger partial charge in [0.1, 0.15) is 5.82 Å². The SMILES string of the molecule is c1ccc2c(c1)ncn2Cc1nnc2n1CCC2. The van der Waals surface area contributed by atoms with Crippen molar-refractivity contribution in [3.8, 4) is 0 Å². The quantitative estimate of drug-likeness (QED) is 0.682. The lowest BCUT2D eigenvalue weighted by molar-refractivity contribution is 0.653. The lowest BCUT2D eigenvalue weighted by Gasteiger charge is -2.04. The predicted molar refractivity (Wildman–Crippen MR) is 67.2 cm³/mol. The van der Waals surface area contributed by atoms with Crippen LogP contribution in [0.2, 0.25) is 0 Å². The zero-order chi connectivity index (χ0) is 11.9. The highest BCUT2D eigenvalue weighted by atomic mass is 15.3. The first-order valence-corrected chi connectivity index (χ1v) is 6.22. The Bertz CT molecular complexity index is 709. The Hall–Kier alpha value is -2.17. The molecule has 0 spiro atoms. The third kappa shape index (κ3) is 1.37. The number of para-hydroxylation sites is 2. The second kappa shape index (κ2) is 3.66. The first-order valence-electron chi connectivity index (χ1n) is 6.22. The lowest BCUT2D eigenvalue weighted by atomic mass is 10.3. The predicted octanol–water partition coefficient (Wildman–Crippen LogP) is 1.62. The van der Waals surface area contributed by atoms with E-state index in [1.807, 2.05) is 24.5 Å². The molecule has 1 aliphatic rings. The third-order valence-electron chi connectivity index (χ3n) is 3.53. The molecule has 0 amide bonds. The zero-order valence-corrected chi connectivity index (χ0v) is 9.95. The molecule has 1 aromatic carbocycles. The van der Waals surface area contributed by atoms with Crippen LogP contribution in [0.4, 0.5) is 0 Å². The highest BCUT2D eigenvalue weighted by molar-refractivity contribution is 5.74. The van der Waals surface area contributed by atoms with Crippen LogP contribution in [0, 0.1) is 0 Å². The number of nitrogens with zero attached hydrogens (tertiary/aromatic N) is 5. The minimum atomic E-state index is 0.744. The Balaban J connectivity index is 1.76. The van der Waals surface area contributed by atoms with E-state index in [-0.39, 0.29) is 0 Å². The van der Waals surface area contributed by atoms with Gasteiger partial charge in [0, 0.05) is 13.0 Å². The van der Waals surface area contributed by atoms with Crippen LogP contribution in [0.3, 0.4) is 0 Å². The molecule has 0 atom stereocenters. The molecule has 0 saturated carbocycles. The van der Waals surface area contributed by atoms with Gasteiger partial charge in [-0.2, -0.15) is 0 Å².